The van der Waals surface area contributed by atoms with E-state index in [2.05, 4.69) is 25.2 Å². The van der Waals surface area contributed by atoms with Gasteiger partial charge in [-0.25, -0.2) is 4.98 Å². The molecule has 2 N–H and O–H groups in total. The smallest absolute Gasteiger partial charge is 0.225 e. The summed E-state index contributed by atoms with van der Waals surface area (Å²) < 4.78 is 2.07. The Morgan fingerprint density at radius 3 is 2.48 bits per heavy atom. The van der Waals surface area contributed by atoms with Gasteiger partial charge in [0.2, 0.25) is 11.9 Å². The van der Waals surface area contributed by atoms with Gasteiger partial charge in [-0.1, -0.05) is 0 Å². The molecule has 1 saturated heterocycles. The van der Waals surface area contributed by atoms with E-state index in [1.807, 2.05) is 37.1 Å². The Labute approximate surface area is 178 Å². The van der Waals surface area contributed by atoms with Crippen LogP contribution < -0.4 is 15.5 Å². The number of hydrogen-bond donors (Lipinski definition) is 2. The molecule has 0 spiro atoms. The molecule has 1 aliphatic carbocycles. The average Bonchev–Trinajstić information content (AvgIpc) is 3.42. The molecule has 1 aromatic rings. The molecule has 3 rings (SSSR count). The molecule has 1 amide bonds. The van der Waals surface area contributed by atoms with E-state index in [9.17, 15) is 4.79 Å². The minimum absolute atomic E-state index is 0. The number of piperidine rings is 1. The second-order valence-electron chi connectivity index (χ2n) is 7.45. The maximum atomic E-state index is 12.1. The quantitative estimate of drug-likeness (QED) is 0.369. The summed E-state index contributed by atoms with van der Waals surface area (Å²) in [5, 5.41) is 6.86. The SMILES string of the molecule is CN=C(NCc1cnc(N(C)C)n1C)NC1CCN(C(=O)C2CC2)CC1.I. The van der Waals surface area contributed by atoms with E-state index in [-0.39, 0.29) is 24.0 Å². The summed E-state index contributed by atoms with van der Waals surface area (Å²) in [6.07, 6.45) is 5.98. The summed E-state index contributed by atoms with van der Waals surface area (Å²) in [4.78, 5) is 24.9. The molecule has 2 aliphatic rings. The number of guanidine groups is 1. The summed E-state index contributed by atoms with van der Waals surface area (Å²) >= 11 is 0. The maximum absolute atomic E-state index is 12.1. The first-order valence-corrected chi connectivity index (χ1v) is 9.43. The molecule has 0 unspecified atom stereocenters. The third-order valence-electron chi connectivity index (χ3n) is 5.19. The molecule has 0 radical (unpaired) electrons. The number of aromatic nitrogens is 2. The molecule has 2 heterocycles. The van der Waals surface area contributed by atoms with Crippen molar-refractivity contribution in [3.05, 3.63) is 11.9 Å². The van der Waals surface area contributed by atoms with Crippen LogP contribution >= 0.6 is 24.0 Å². The maximum Gasteiger partial charge on any atom is 0.225 e. The zero-order valence-electron chi connectivity index (χ0n) is 16.7. The number of imidazole rings is 1. The van der Waals surface area contributed by atoms with Crippen LogP contribution in [0.5, 0.6) is 0 Å². The lowest BCUT2D eigenvalue weighted by atomic mass is 10.0. The van der Waals surface area contributed by atoms with Crippen molar-refractivity contribution in [3.8, 4) is 0 Å². The molecule has 1 saturated carbocycles. The summed E-state index contributed by atoms with van der Waals surface area (Å²) in [6, 6.07) is 0.355. The predicted octanol–water partition coefficient (Wildman–Crippen LogP) is 1.17. The number of halogens is 1. The van der Waals surface area contributed by atoms with Crippen molar-refractivity contribution in [2.24, 2.45) is 18.0 Å². The van der Waals surface area contributed by atoms with E-state index >= 15 is 0 Å². The van der Waals surface area contributed by atoms with Crippen LogP contribution in [-0.4, -0.2) is 66.6 Å². The molecule has 9 heteroatoms. The van der Waals surface area contributed by atoms with Crippen molar-refractivity contribution in [1.29, 1.82) is 0 Å². The lowest BCUT2D eigenvalue weighted by Crippen LogP contribution is -2.50. The van der Waals surface area contributed by atoms with Crippen LogP contribution in [0.1, 0.15) is 31.4 Å². The molecule has 1 aliphatic heterocycles. The van der Waals surface area contributed by atoms with Gasteiger partial charge < -0.3 is 25.0 Å². The number of nitrogens with one attached hydrogen (secondary N) is 2. The monoisotopic (exact) mass is 489 g/mol. The number of nitrogens with zero attached hydrogens (tertiary/aromatic N) is 5. The molecular formula is C18H32IN7O. The summed E-state index contributed by atoms with van der Waals surface area (Å²) in [5.74, 6) is 2.40. The van der Waals surface area contributed by atoms with Crippen molar-refractivity contribution in [1.82, 2.24) is 25.1 Å². The molecule has 0 bridgehead atoms. The summed E-state index contributed by atoms with van der Waals surface area (Å²) in [6.45, 7) is 2.35. The van der Waals surface area contributed by atoms with Crippen LogP contribution in [0.2, 0.25) is 0 Å². The van der Waals surface area contributed by atoms with Gasteiger partial charge in [-0.2, -0.15) is 0 Å². The van der Waals surface area contributed by atoms with Gasteiger partial charge in [0, 0.05) is 53.2 Å². The first kappa shape index (κ1) is 21.8. The molecule has 152 valence electrons. The molecule has 0 atom stereocenters. The zero-order chi connectivity index (χ0) is 18.7. The first-order valence-electron chi connectivity index (χ1n) is 9.43. The number of rotatable bonds is 5. The van der Waals surface area contributed by atoms with Crippen LogP contribution in [-0.2, 0) is 18.4 Å². The number of amides is 1. The van der Waals surface area contributed by atoms with Gasteiger partial charge in [0.25, 0.3) is 0 Å². The fourth-order valence-electron chi connectivity index (χ4n) is 3.41. The number of carbonyl (C=O) groups is 1. The van der Waals surface area contributed by atoms with Crippen LogP contribution in [0.15, 0.2) is 11.2 Å². The van der Waals surface area contributed by atoms with E-state index < -0.39 is 0 Å². The largest absolute Gasteiger partial charge is 0.354 e. The van der Waals surface area contributed by atoms with Gasteiger partial charge in [0.05, 0.1) is 18.4 Å². The first-order chi connectivity index (χ1) is 12.5. The average molecular weight is 489 g/mol. The number of anilines is 1. The highest BCUT2D eigenvalue weighted by atomic mass is 127. The fourth-order valence-corrected chi connectivity index (χ4v) is 3.41. The van der Waals surface area contributed by atoms with Crippen LogP contribution in [0.25, 0.3) is 0 Å². The van der Waals surface area contributed by atoms with Crippen molar-refractivity contribution >= 4 is 41.8 Å². The van der Waals surface area contributed by atoms with Gasteiger partial charge in [-0.05, 0) is 25.7 Å². The van der Waals surface area contributed by atoms with Crippen molar-refractivity contribution < 1.29 is 4.79 Å². The summed E-state index contributed by atoms with van der Waals surface area (Å²) in [7, 11) is 7.78. The highest BCUT2D eigenvalue weighted by molar-refractivity contribution is 14.0. The lowest BCUT2D eigenvalue weighted by molar-refractivity contribution is -0.133. The van der Waals surface area contributed by atoms with E-state index in [1.54, 1.807) is 7.05 Å². The Morgan fingerprint density at radius 1 is 1.30 bits per heavy atom. The van der Waals surface area contributed by atoms with Crippen LogP contribution in [0, 0.1) is 5.92 Å². The Balaban J connectivity index is 0.00000261. The second-order valence-corrected chi connectivity index (χ2v) is 7.45. The Morgan fingerprint density at radius 2 is 1.96 bits per heavy atom. The summed E-state index contributed by atoms with van der Waals surface area (Å²) in [5.41, 5.74) is 1.10. The third-order valence-corrected chi connectivity index (χ3v) is 5.19. The second kappa shape index (κ2) is 9.61. The Bertz CT molecular complexity index is 661. The minimum atomic E-state index is 0. The molecule has 2 fully saturated rings. The standard InChI is InChI=1S/C18H31N7O.HI/c1-19-17(20-11-15-12-21-18(23(2)3)24(15)4)22-14-7-9-25(10-8-14)16(26)13-5-6-13;/h12-14H,5-11H2,1-4H3,(H2,19,20,22);1H. The lowest BCUT2D eigenvalue weighted by Gasteiger charge is -2.33. The van der Waals surface area contributed by atoms with E-state index in [4.69, 9.17) is 0 Å². The minimum Gasteiger partial charge on any atom is -0.354 e. The van der Waals surface area contributed by atoms with Crippen LogP contribution in [0.4, 0.5) is 5.95 Å². The van der Waals surface area contributed by atoms with E-state index in [0.717, 1.165) is 56.4 Å². The molecule has 27 heavy (non-hydrogen) atoms. The van der Waals surface area contributed by atoms with E-state index in [0.29, 0.717) is 24.4 Å². The van der Waals surface area contributed by atoms with Crippen molar-refractivity contribution in [3.63, 3.8) is 0 Å². The Hall–Kier alpha value is -1.52. The zero-order valence-corrected chi connectivity index (χ0v) is 19.1. The topological polar surface area (TPSA) is 77.8 Å². The number of likely N-dealkylation sites (tertiary alicyclic amines) is 1. The Kier molecular flexibility index (Phi) is 7.75. The third kappa shape index (κ3) is 5.49. The van der Waals surface area contributed by atoms with Crippen molar-refractivity contribution in [2.75, 3.05) is 39.1 Å². The molecule has 8 nitrogen and oxygen atoms in total. The number of carbonyl (C=O) groups excluding carboxylic acids is 1. The van der Waals surface area contributed by atoms with Gasteiger partial charge in [-0.15, -0.1) is 24.0 Å². The van der Waals surface area contributed by atoms with Crippen LogP contribution in [0.3, 0.4) is 0 Å². The molecular weight excluding hydrogens is 457 g/mol. The molecule has 1 aromatic heterocycles. The van der Waals surface area contributed by atoms with Gasteiger partial charge in [-0.3, -0.25) is 9.79 Å². The predicted molar refractivity (Wildman–Crippen MR) is 119 cm³/mol. The normalized spacial score (nSPS) is 18.1. The van der Waals surface area contributed by atoms with Crippen molar-refractivity contribution in [2.45, 2.75) is 38.3 Å². The van der Waals surface area contributed by atoms with Gasteiger partial charge >= 0.3 is 0 Å². The number of aliphatic imine (C=N–C) groups is 1. The number of hydrogen-bond acceptors (Lipinski definition) is 4. The van der Waals surface area contributed by atoms with Gasteiger partial charge in [0.1, 0.15) is 0 Å². The molecule has 0 aromatic carbocycles. The van der Waals surface area contributed by atoms with Gasteiger partial charge in [0.15, 0.2) is 5.96 Å². The highest BCUT2D eigenvalue weighted by Gasteiger charge is 2.34. The fraction of sp³-hybridized carbons (Fsp3) is 0.722. The highest BCUT2D eigenvalue weighted by Crippen LogP contribution is 2.31. The van der Waals surface area contributed by atoms with E-state index in [1.165, 1.54) is 0 Å².